The minimum atomic E-state index is -0.346. The highest BCUT2D eigenvalue weighted by molar-refractivity contribution is 7.10. The average Bonchev–Trinajstić information content (AvgIpc) is 3.13. The van der Waals surface area contributed by atoms with E-state index in [1.165, 1.54) is 23.5 Å². The molecule has 0 aliphatic rings. The van der Waals surface area contributed by atoms with E-state index >= 15 is 0 Å². The summed E-state index contributed by atoms with van der Waals surface area (Å²) in [6, 6.07) is 17.0. The van der Waals surface area contributed by atoms with Crippen LogP contribution >= 0.6 is 11.3 Å². The second kappa shape index (κ2) is 7.55. The summed E-state index contributed by atoms with van der Waals surface area (Å²) < 4.78 is 18.8. The molecule has 2 aromatic heterocycles. The maximum atomic E-state index is 13.2. The Morgan fingerprint density at radius 1 is 1.07 bits per heavy atom. The van der Waals surface area contributed by atoms with Crippen LogP contribution in [0.25, 0.3) is 10.9 Å². The van der Waals surface area contributed by atoms with Crippen molar-refractivity contribution in [2.24, 2.45) is 0 Å². The number of hydrogen-bond acceptors (Lipinski definition) is 4. The van der Waals surface area contributed by atoms with Crippen molar-refractivity contribution in [2.45, 2.75) is 6.54 Å². The molecule has 0 spiro atoms. The fourth-order valence-electron chi connectivity index (χ4n) is 2.66. The second-order valence-corrected chi connectivity index (χ2v) is 6.90. The topological polar surface area (TPSA) is 51.2 Å². The summed E-state index contributed by atoms with van der Waals surface area (Å²) in [4.78, 5) is 17.6. The Bertz CT molecular complexity index is 1110. The van der Waals surface area contributed by atoms with Gasteiger partial charge in [-0.1, -0.05) is 12.1 Å². The van der Waals surface area contributed by atoms with E-state index in [9.17, 15) is 9.18 Å². The lowest BCUT2D eigenvalue weighted by molar-refractivity contribution is 0.0951. The van der Waals surface area contributed by atoms with E-state index in [2.05, 4.69) is 10.3 Å². The van der Waals surface area contributed by atoms with Gasteiger partial charge in [0.2, 0.25) is 0 Å². The van der Waals surface area contributed by atoms with Gasteiger partial charge in [-0.05, 0) is 42.5 Å². The number of rotatable bonds is 5. The number of nitrogens with one attached hydrogen (secondary N) is 1. The quantitative estimate of drug-likeness (QED) is 0.522. The SMILES string of the molecule is O=C(NCc1cc(Oc2cccc(F)c2)cs1)c1ccc2ncccc2c1. The molecule has 2 heterocycles. The maximum absolute atomic E-state index is 13.2. The zero-order valence-corrected chi connectivity index (χ0v) is 15.0. The molecule has 4 aromatic rings. The van der Waals surface area contributed by atoms with Gasteiger partial charge in [0.05, 0.1) is 12.1 Å². The summed E-state index contributed by atoms with van der Waals surface area (Å²) in [7, 11) is 0. The molecule has 0 saturated heterocycles. The molecule has 134 valence electrons. The third-order valence-electron chi connectivity index (χ3n) is 3.95. The van der Waals surface area contributed by atoms with Crippen LogP contribution in [0.15, 0.2) is 72.2 Å². The fourth-order valence-corrected chi connectivity index (χ4v) is 3.38. The molecule has 6 heteroatoms. The summed E-state index contributed by atoms with van der Waals surface area (Å²) in [6.45, 7) is 0.390. The van der Waals surface area contributed by atoms with Crippen molar-refractivity contribution in [1.29, 1.82) is 0 Å². The van der Waals surface area contributed by atoms with Crippen molar-refractivity contribution >= 4 is 28.1 Å². The first-order chi connectivity index (χ1) is 13.2. The van der Waals surface area contributed by atoms with Crippen molar-refractivity contribution in [2.75, 3.05) is 0 Å². The molecule has 0 atom stereocenters. The first kappa shape index (κ1) is 17.2. The molecule has 0 unspecified atom stereocenters. The minimum absolute atomic E-state index is 0.151. The number of hydrogen-bond donors (Lipinski definition) is 1. The Kier molecular flexibility index (Phi) is 4.80. The van der Waals surface area contributed by atoms with E-state index in [1.807, 2.05) is 35.7 Å². The molecule has 4 nitrogen and oxygen atoms in total. The van der Waals surface area contributed by atoms with Gasteiger partial charge >= 0.3 is 0 Å². The van der Waals surface area contributed by atoms with Crippen LogP contribution in [0.1, 0.15) is 15.2 Å². The maximum Gasteiger partial charge on any atom is 0.251 e. The number of carbonyl (C=O) groups is 1. The Morgan fingerprint density at radius 2 is 2.00 bits per heavy atom. The highest BCUT2D eigenvalue weighted by atomic mass is 32.1. The average molecular weight is 378 g/mol. The van der Waals surface area contributed by atoms with Crippen LogP contribution in [0.3, 0.4) is 0 Å². The van der Waals surface area contributed by atoms with E-state index in [4.69, 9.17) is 4.74 Å². The van der Waals surface area contributed by atoms with Gasteiger partial charge in [0.15, 0.2) is 0 Å². The molecule has 0 saturated carbocycles. The van der Waals surface area contributed by atoms with E-state index in [-0.39, 0.29) is 11.7 Å². The van der Waals surface area contributed by atoms with Crippen LogP contribution in [0.5, 0.6) is 11.5 Å². The monoisotopic (exact) mass is 378 g/mol. The molecule has 0 aliphatic carbocycles. The van der Waals surface area contributed by atoms with Gasteiger partial charge in [-0.15, -0.1) is 11.3 Å². The number of carbonyl (C=O) groups excluding carboxylic acids is 1. The molecule has 4 rings (SSSR count). The van der Waals surface area contributed by atoms with Crippen LogP contribution in [0.2, 0.25) is 0 Å². The van der Waals surface area contributed by atoms with Crippen molar-refractivity contribution in [1.82, 2.24) is 10.3 Å². The Labute approximate surface area is 159 Å². The van der Waals surface area contributed by atoms with Gasteiger partial charge in [0, 0.05) is 33.5 Å². The van der Waals surface area contributed by atoms with E-state index in [0.717, 1.165) is 15.8 Å². The summed E-state index contributed by atoms with van der Waals surface area (Å²) in [6.07, 6.45) is 1.72. The van der Waals surface area contributed by atoms with Crippen molar-refractivity contribution in [3.63, 3.8) is 0 Å². The van der Waals surface area contributed by atoms with Crippen molar-refractivity contribution < 1.29 is 13.9 Å². The zero-order chi connectivity index (χ0) is 18.6. The molecular weight excluding hydrogens is 363 g/mol. The third kappa shape index (κ3) is 4.12. The molecular formula is C21H15FN2O2S. The normalized spacial score (nSPS) is 10.7. The first-order valence-electron chi connectivity index (χ1n) is 8.31. The van der Waals surface area contributed by atoms with Gasteiger partial charge in [-0.3, -0.25) is 9.78 Å². The lowest BCUT2D eigenvalue weighted by Gasteiger charge is -2.05. The van der Waals surface area contributed by atoms with Crippen molar-refractivity contribution in [3.8, 4) is 11.5 Å². The predicted octanol–water partition coefficient (Wildman–Crippen LogP) is 5.16. The van der Waals surface area contributed by atoms with Crippen LogP contribution in [-0.4, -0.2) is 10.9 Å². The molecule has 27 heavy (non-hydrogen) atoms. The van der Waals surface area contributed by atoms with Gasteiger partial charge in [-0.2, -0.15) is 0 Å². The van der Waals surface area contributed by atoms with Crippen LogP contribution in [-0.2, 0) is 6.54 Å². The standard InChI is InChI=1S/C21H15FN2O2S/c22-16-4-1-5-17(10-16)26-18-11-19(27-13-18)12-24-21(25)15-6-7-20-14(9-15)3-2-8-23-20/h1-11,13H,12H2,(H,24,25). The number of halogens is 1. The number of aromatic nitrogens is 1. The highest BCUT2D eigenvalue weighted by Gasteiger charge is 2.08. The minimum Gasteiger partial charge on any atom is -0.456 e. The number of pyridine rings is 1. The first-order valence-corrected chi connectivity index (χ1v) is 9.19. The van der Waals surface area contributed by atoms with E-state index in [1.54, 1.807) is 24.4 Å². The third-order valence-corrected chi connectivity index (χ3v) is 4.86. The van der Waals surface area contributed by atoms with Gasteiger partial charge < -0.3 is 10.1 Å². The lowest BCUT2D eigenvalue weighted by Crippen LogP contribution is -2.22. The van der Waals surface area contributed by atoms with Crippen LogP contribution in [0, 0.1) is 5.82 Å². The lowest BCUT2D eigenvalue weighted by atomic mass is 10.1. The number of nitrogens with zero attached hydrogens (tertiary/aromatic N) is 1. The summed E-state index contributed by atoms with van der Waals surface area (Å²) >= 11 is 1.47. The Hall–Kier alpha value is -3.25. The molecule has 1 N–H and O–H groups in total. The van der Waals surface area contributed by atoms with E-state index < -0.39 is 0 Å². The summed E-state index contributed by atoms with van der Waals surface area (Å²) in [5, 5.41) is 5.65. The molecule has 0 fully saturated rings. The number of ether oxygens (including phenoxy) is 1. The number of fused-ring (bicyclic) bond motifs is 1. The molecule has 0 aliphatic heterocycles. The van der Waals surface area contributed by atoms with Gasteiger partial charge in [-0.25, -0.2) is 4.39 Å². The fraction of sp³-hybridized carbons (Fsp3) is 0.0476. The summed E-state index contributed by atoms with van der Waals surface area (Å²) in [5.74, 6) is 0.558. The number of amides is 1. The van der Waals surface area contributed by atoms with Gasteiger partial charge in [0.25, 0.3) is 5.91 Å². The molecule has 0 bridgehead atoms. The van der Waals surface area contributed by atoms with Crippen LogP contribution < -0.4 is 10.1 Å². The smallest absolute Gasteiger partial charge is 0.251 e. The van der Waals surface area contributed by atoms with Crippen LogP contribution in [0.4, 0.5) is 4.39 Å². The Balaban J connectivity index is 1.39. The largest absolute Gasteiger partial charge is 0.456 e. The molecule has 2 aromatic carbocycles. The predicted molar refractivity (Wildman–Crippen MR) is 104 cm³/mol. The highest BCUT2D eigenvalue weighted by Crippen LogP contribution is 2.27. The molecule has 1 amide bonds. The number of benzene rings is 2. The molecule has 0 radical (unpaired) electrons. The zero-order valence-electron chi connectivity index (χ0n) is 14.2. The summed E-state index contributed by atoms with van der Waals surface area (Å²) in [5.41, 5.74) is 1.44. The van der Waals surface area contributed by atoms with Crippen molar-refractivity contribution in [3.05, 3.63) is 88.5 Å². The van der Waals surface area contributed by atoms with Gasteiger partial charge in [0.1, 0.15) is 17.3 Å². The number of thiophene rings is 1. The Morgan fingerprint density at radius 3 is 2.89 bits per heavy atom. The van der Waals surface area contributed by atoms with E-state index in [0.29, 0.717) is 23.6 Å². The second-order valence-electron chi connectivity index (χ2n) is 5.90.